The molecule has 0 aliphatic heterocycles. The van der Waals surface area contributed by atoms with Gasteiger partial charge in [-0.1, -0.05) is 18.2 Å². The minimum atomic E-state index is -5.36. The van der Waals surface area contributed by atoms with E-state index >= 15 is 0 Å². The van der Waals surface area contributed by atoms with Crippen molar-refractivity contribution in [3.63, 3.8) is 0 Å². The van der Waals surface area contributed by atoms with Gasteiger partial charge in [0.1, 0.15) is 11.5 Å². The number of carbonyl (C=O) groups is 3. The number of amides is 1. The Hall–Kier alpha value is -4.47. The van der Waals surface area contributed by atoms with E-state index in [9.17, 15) is 27.6 Å². The number of pyridine rings is 1. The average Bonchev–Trinajstić information content (AvgIpc) is 2.78. The summed E-state index contributed by atoms with van der Waals surface area (Å²) in [6, 6.07) is 15.4. The van der Waals surface area contributed by atoms with Crippen molar-refractivity contribution >= 4 is 29.6 Å². The molecule has 0 spiro atoms. The summed E-state index contributed by atoms with van der Waals surface area (Å²) in [4.78, 5) is 39.5. The van der Waals surface area contributed by atoms with Gasteiger partial charge in [0.25, 0.3) is 0 Å². The molecule has 10 heteroatoms. The molecule has 0 aliphatic rings. The molecule has 1 amide bonds. The molecule has 1 aromatic heterocycles. The van der Waals surface area contributed by atoms with Crippen LogP contribution < -0.4 is 10.1 Å². The van der Waals surface area contributed by atoms with Crippen molar-refractivity contribution in [1.82, 2.24) is 4.98 Å². The smallest absolute Gasteiger partial charge is 0.457 e. The van der Waals surface area contributed by atoms with Crippen LogP contribution in [0.2, 0.25) is 0 Å². The molecule has 0 saturated carbocycles. The van der Waals surface area contributed by atoms with Gasteiger partial charge in [-0.2, -0.15) is 13.2 Å². The predicted molar refractivity (Wildman–Crippen MR) is 111 cm³/mol. The maximum Gasteiger partial charge on any atom is 0.491 e. The first kappa shape index (κ1) is 23.2. The zero-order valence-corrected chi connectivity index (χ0v) is 16.7. The molecule has 0 aliphatic carbocycles. The molecular formula is C23H15F3N2O5. The zero-order chi connectivity index (χ0) is 23.8. The number of benzene rings is 2. The van der Waals surface area contributed by atoms with Crippen molar-refractivity contribution < 1.29 is 37.0 Å². The Morgan fingerprint density at radius 2 is 1.61 bits per heavy atom. The van der Waals surface area contributed by atoms with Gasteiger partial charge in [0.05, 0.1) is 11.3 Å². The third kappa shape index (κ3) is 6.76. The quantitative estimate of drug-likeness (QED) is 0.326. The first-order valence-corrected chi connectivity index (χ1v) is 9.32. The molecule has 1 heterocycles. The minimum absolute atomic E-state index is 0.174. The van der Waals surface area contributed by atoms with Crippen LogP contribution in [0, 0.1) is 0 Å². The van der Waals surface area contributed by atoms with E-state index in [0.29, 0.717) is 11.3 Å². The second kappa shape index (κ2) is 10.2. The summed E-state index contributed by atoms with van der Waals surface area (Å²) >= 11 is 0. The summed E-state index contributed by atoms with van der Waals surface area (Å²) in [6.45, 7) is 0. The van der Waals surface area contributed by atoms with E-state index in [2.05, 4.69) is 15.0 Å². The SMILES string of the molecule is O=C(/C=C/c1ccncc1)Nc1cc(Oc2ccccc2)ccc1C(=O)OC(=O)C(F)(F)F. The third-order valence-corrected chi connectivity index (χ3v) is 4.00. The highest BCUT2D eigenvalue weighted by Crippen LogP contribution is 2.28. The highest BCUT2D eigenvalue weighted by Gasteiger charge is 2.42. The van der Waals surface area contributed by atoms with E-state index in [1.165, 1.54) is 30.6 Å². The van der Waals surface area contributed by atoms with Crippen LogP contribution in [0.5, 0.6) is 11.5 Å². The van der Waals surface area contributed by atoms with E-state index in [0.717, 1.165) is 12.1 Å². The van der Waals surface area contributed by atoms with Crippen LogP contribution in [0.25, 0.3) is 6.08 Å². The highest BCUT2D eigenvalue weighted by atomic mass is 19.4. The summed E-state index contributed by atoms with van der Waals surface area (Å²) in [5.74, 6) is -4.34. The maximum atomic E-state index is 12.5. The Kier molecular flexibility index (Phi) is 7.19. The first-order valence-electron chi connectivity index (χ1n) is 9.32. The number of aromatic nitrogens is 1. The van der Waals surface area contributed by atoms with Gasteiger partial charge in [0.15, 0.2) is 0 Å². The van der Waals surface area contributed by atoms with Crippen LogP contribution in [-0.4, -0.2) is 29.0 Å². The zero-order valence-electron chi connectivity index (χ0n) is 16.7. The van der Waals surface area contributed by atoms with Crippen molar-refractivity contribution in [2.75, 3.05) is 5.32 Å². The average molecular weight is 456 g/mol. The van der Waals surface area contributed by atoms with Crippen LogP contribution in [0.3, 0.4) is 0 Å². The second-order valence-corrected chi connectivity index (χ2v) is 6.40. The molecule has 1 N–H and O–H groups in total. The molecule has 0 radical (unpaired) electrons. The molecule has 7 nitrogen and oxygen atoms in total. The maximum absolute atomic E-state index is 12.5. The van der Waals surface area contributed by atoms with Crippen molar-refractivity contribution in [3.05, 3.63) is 90.3 Å². The molecular weight excluding hydrogens is 441 g/mol. The summed E-state index contributed by atoms with van der Waals surface area (Å²) in [7, 11) is 0. The molecule has 3 rings (SSSR count). The number of anilines is 1. The summed E-state index contributed by atoms with van der Waals surface area (Å²) in [5.41, 5.74) is -0.0248. The number of esters is 2. The monoisotopic (exact) mass is 456 g/mol. The fourth-order valence-electron chi connectivity index (χ4n) is 2.51. The lowest BCUT2D eigenvalue weighted by atomic mass is 10.1. The lowest BCUT2D eigenvalue weighted by Crippen LogP contribution is -2.28. The second-order valence-electron chi connectivity index (χ2n) is 6.40. The fourth-order valence-corrected chi connectivity index (χ4v) is 2.51. The number of ether oxygens (including phenoxy) is 2. The predicted octanol–water partition coefficient (Wildman–Crippen LogP) is 4.77. The molecule has 0 atom stereocenters. The molecule has 2 aromatic carbocycles. The van der Waals surface area contributed by atoms with Gasteiger partial charge < -0.3 is 14.8 Å². The number of hydrogen-bond donors (Lipinski definition) is 1. The summed E-state index contributed by atoms with van der Waals surface area (Å²) in [5, 5.41) is 2.39. The van der Waals surface area contributed by atoms with Crippen LogP contribution in [0.15, 0.2) is 79.1 Å². The largest absolute Gasteiger partial charge is 0.491 e. The van der Waals surface area contributed by atoms with E-state index in [1.807, 2.05) is 0 Å². The van der Waals surface area contributed by atoms with Crippen molar-refractivity contribution in [1.29, 1.82) is 0 Å². The van der Waals surface area contributed by atoms with Crippen LogP contribution in [-0.2, 0) is 14.3 Å². The van der Waals surface area contributed by atoms with Crippen LogP contribution in [0.4, 0.5) is 18.9 Å². The Morgan fingerprint density at radius 1 is 0.909 bits per heavy atom. The summed E-state index contributed by atoms with van der Waals surface area (Å²) in [6.07, 6.45) is 0.298. The molecule has 0 unspecified atom stereocenters. The van der Waals surface area contributed by atoms with Gasteiger partial charge in [0.2, 0.25) is 5.91 Å². The molecule has 0 saturated heterocycles. The Balaban J connectivity index is 1.86. The number of alkyl halides is 3. The van der Waals surface area contributed by atoms with Crippen LogP contribution in [0.1, 0.15) is 15.9 Å². The molecule has 3 aromatic rings. The fraction of sp³-hybridized carbons (Fsp3) is 0.0435. The van der Waals surface area contributed by atoms with Crippen molar-refractivity contribution in [3.8, 4) is 11.5 Å². The lowest BCUT2D eigenvalue weighted by molar-refractivity contribution is -0.193. The molecule has 33 heavy (non-hydrogen) atoms. The van der Waals surface area contributed by atoms with Gasteiger partial charge >= 0.3 is 18.1 Å². The number of hydrogen-bond acceptors (Lipinski definition) is 6. The third-order valence-electron chi connectivity index (χ3n) is 4.00. The Labute approximate surface area is 185 Å². The number of nitrogens with one attached hydrogen (secondary N) is 1. The lowest BCUT2D eigenvalue weighted by Gasteiger charge is -2.13. The van der Waals surface area contributed by atoms with Gasteiger partial charge in [-0.3, -0.25) is 9.78 Å². The minimum Gasteiger partial charge on any atom is -0.457 e. The van der Waals surface area contributed by atoms with E-state index in [1.54, 1.807) is 42.5 Å². The van der Waals surface area contributed by atoms with E-state index in [-0.39, 0.29) is 11.4 Å². The topological polar surface area (TPSA) is 94.6 Å². The Morgan fingerprint density at radius 3 is 2.27 bits per heavy atom. The standard InChI is InChI=1S/C23H15F3N2O5/c24-23(25,26)22(31)33-21(30)18-8-7-17(32-16-4-2-1-3-5-16)14-19(18)28-20(29)9-6-15-10-12-27-13-11-15/h1-14H,(H,28,29)/b9-6+. The first-order chi connectivity index (χ1) is 15.7. The molecule has 0 fully saturated rings. The number of carbonyl (C=O) groups excluding carboxylic acids is 3. The van der Waals surface area contributed by atoms with E-state index in [4.69, 9.17) is 4.74 Å². The molecule has 168 valence electrons. The number of halogens is 3. The molecule has 0 bridgehead atoms. The summed E-state index contributed by atoms with van der Waals surface area (Å²) < 4.78 is 46.9. The Bertz CT molecular complexity index is 1180. The number of para-hydroxylation sites is 1. The normalized spacial score (nSPS) is 11.1. The number of nitrogens with zero attached hydrogens (tertiary/aromatic N) is 1. The van der Waals surface area contributed by atoms with Gasteiger partial charge in [-0.15, -0.1) is 0 Å². The highest BCUT2D eigenvalue weighted by molar-refractivity contribution is 6.08. The van der Waals surface area contributed by atoms with Crippen LogP contribution >= 0.6 is 0 Å². The van der Waals surface area contributed by atoms with Gasteiger partial charge in [-0.05, 0) is 48.0 Å². The van der Waals surface area contributed by atoms with Crippen molar-refractivity contribution in [2.45, 2.75) is 6.18 Å². The number of rotatable bonds is 6. The van der Waals surface area contributed by atoms with Gasteiger partial charge in [0, 0.05) is 24.5 Å². The van der Waals surface area contributed by atoms with Crippen molar-refractivity contribution in [2.24, 2.45) is 0 Å². The van der Waals surface area contributed by atoms with Gasteiger partial charge in [-0.25, -0.2) is 9.59 Å². The van der Waals surface area contributed by atoms with E-state index < -0.39 is 29.6 Å².